The van der Waals surface area contributed by atoms with Crippen LogP contribution in [-0.2, 0) is 0 Å². The molecule has 3 rings (SSSR count). The van der Waals surface area contributed by atoms with Gasteiger partial charge in [-0.2, -0.15) is 5.10 Å². The normalized spacial score (nSPS) is 14.9. The Labute approximate surface area is 129 Å². The van der Waals surface area contributed by atoms with Crippen molar-refractivity contribution in [3.05, 3.63) is 34.8 Å². The van der Waals surface area contributed by atoms with Crippen LogP contribution in [0, 0.1) is 13.8 Å². The first-order valence-electron chi connectivity index (χ1n) is 7.81. The van der Waals surface area contributed by atoms with Crippen molar-refractivity contribution >= 4 is 11.6 Å². The lowest BCUT2D eigenvalue weighted by atomic mass is 9.97. The second kappa shape index (κ2) is 6.25. The molecule has 6 heteroatoms. The highest BCUT2D eigenvalue weighted by molar-refractivity contribution is 5.93. The Bertz CT molecular complexity index is 731. The van der Waals surface area contributed by atoms with Gasteiger partial charge in [0.1, 0.15) is 0 Å². The maximum absolute atomic E-state index is 12.3. The van der Waals surface area contributed by atoms with Crippen LogP contribution in [0.1, 0.15) is 54.0 Å². The Kier molecular flexibility index (Phi) is 4.18. The van der Waals surface area contributed by atoms with E-state index >= 15 is 0 Å². The molecule has 116 valence electrons. The molecule has 2 heterocycles. The van der Waals surface area contributed by atoms with Crippen LogP contribution >= 0.6 is 0 Å². The van der Waals surface area contributed by atoms with Gasteiger partial charge in [-0.05, 0) is 46.0 Å². The fourth-order valence-corrected chi connectivity index (χ4v) is 2.84. The quantitative estimate of drug-likeness (QED) is 0.880. The number of hydrogen-bond acceptors (Lipinski definition) is 4. The van der Waals surface area contributed by atoms with Crippen molar-refractivity contribution in [1.29, 1.82) is 0 Å². The van der Waals surface area contributed by atoms with E-state index in [9.17, 15) is 4.79 Å². The highest BCUT2D eigenvalue weighted by Gasteiger charge is 2.15. The molecule has 0 radical (unpaired) electrons. The number of fused-ring (bicyclic) bond motifs is 1. The summed E-state index contributed by atoms with van der Waals surface area (Å²) in [6.45, 7) is 4.38. The van der Waals surface area contributed by atoms with Crippen molar-refractivity contribution in [2.24, 2.45) is 0 Å². The Hall–Kier alpha value is -2.24. The molecule has 2 aromatic heterocycles. The first kappa shape index (κ1) is 14.7. The average molecular weight is 299 g/mol. The molecule has 0 saturated carbocycles. The molecular weight excluding hydrogens is 278 g/mol. The van der Waals surface area contributed by atoms with Crippen LogP contribution in [0.15, 0.2) is 17.7 Å². The van der Waals surface area contributed by atoms with Gasteiger partial charge in [0.05, 0.1) is 11.4 Å². The molecule has 0 atom stereocenters. The monoisotopic (exact) mass is 299 g/mol. The van der Waals surface area contributed by atoms with E-state index in [1.807, 2.05) is 19.9 Å². The minimum absolute atomic E-state index is 0.184. The van der Waals surface area contributed by atoms with Crippen LogP contribution in [0.3, 0.4) is 0 Å². The molecule has 1 amide bonds. The van der Waals surface area contributed by atoms with Gasteiger partial charge in [0.25, 0.3) is 5.91 Å². The maximum atomic E-state index is 12.3. The van der Waals surface area contributed by atoms with E-state index in [0.717, 1.165) is 18.5 Å². The van der Waals surface area contributed by atoms with Gasteiger partial charge < -0.3 is 5.32 Å². The first-order valence-corrected chi connectivity index (χ1v) is 7.81. The predicted molar refractivity (Wildman–Crippen MR) is 83.8 cm³/mol. The zero-order chi connectivity index (χ0) is 15.5. The summed E-state index contributed by atoms with van der Waals surface area (Å²) >= 11 is 0. The van der Waals surface area contributed by atoms with Gasteiger partial charge in [0.15, 0.2) is 11.3 Å². The van der Waals surface area contributed by atoms with Crippen LogP contribution in [0.2, 0.25) is 0 Å². The largest absolute Gasteiger partial charge is 0.350 e. The minimum Gasteiger partial charge on any atom is -0.350 e. The zero-order valence-electron chi connectivity index (χ0n) is 13.1. The van der Waals surface area contributed by atoms with Crippen molar-refractivity contribution in [2.75, 3.05) is 6.54 Å². The number of allylic oxidation sites excluding steroid dienone is 1. The van der Waals surface area contributed by atoms with Crippen LogP contribution in [0.5, 0.6) is 0 Å². The second-order valence-corrected chi connectivity index (χ2v) is 5.80. The highest BCUT2D eigenvalue weighted by atomic mass is 16.1. The summed E-state index contributed by atoms with van der Waals surface area (Å²) in [5.74, 6) is -0.184. The number of aromatic nitrogens is 4. The molecule has 0 unspecified atom stereocenters. The number of carbonyl (C=O) groups is 1. The van der Waals surface area contributed by atoms with Gasteiger partial charge >= 0.3 is 0 Å². The molecule has 0 spiro atoms. The van der Waals surface area contributed by atoms with Crippen LogP contribution in [0.4, 0.5) is 0 Å². The Morgan fingerprint density at radius 1 is 1.32 bits per heavy atom. The van der Waals surface area contributed by atoms with Gasteiger partial charge in [-0.25, -0.2) is 4.52 Å². The maximum Gasteiger partial charge on any atom is 0.273 e. The number of carbonyl (C=O) groups excluding carboxylic acids is 1. The molecule has 1 N–H and O–H groups in total. The van der Waals surface area contributed by atoms with Crippen molar-refractivity contribution in [3.8, 4) is 0 Å². The van der Waals surface area contributed by atoms with E-state index in [1.54, 1.807) is 4.52 Å². The summed E-state index contributed by atoms with van der Waals surface area (Å²) < 4.78 is 1.67. The average Bonchev–Trinajstić information content (AvgIpc) is 2.90. The van der Waals surface area contributed by atoms with Gasteiger partial charge in [-0.1, -0.05) is 11.6 Å². The number of amides is 1. The van der Waals surface area contributed by atoms with Crippen molar-refractivity contribution in [1.82, 2.24) is 25.1 Å². The molecule has 2 aromatic rings. The minimum atomic E-state index is -0.184. The first-order chi connectivity index (χ1) is 10.6. The lowest BCUT2D eigenvalue weighted by Gasteiger charge is -2.13. The smallest absolute Gasteiger partial charge is 0.273 e. The van der Waals surface area contributed by atoms with E-state index in [2.05, 4.69) is 26.7 Å². The molecule has 22 heavy (non-hydrogen) atoms. The molecule has 0 fully saturated rings. The van der Waals surface area contributed by atoms with E-state index in [4.69, 9.17) is 0 Å². The lowest BCUT2D eigenvalue weighted by Crippen LogP contribution is -2.27. The fourth-order valence-electron chi connectivity index (χ4n) is 2.84. The van der Waals surface area contributed by atoms with Crippen molar-refractivity contribution in [3.63, 3.8) is 0 Å². The molecule has 1 aliphatic carbocycles. The lowest BCUT2D eigenvalue weighted by molar-refractivity contribution is 0.0946. The van der Waals surface area contributed by atoms with E-state index in [0.29, 0.717) is 23.6 Å². The summed E-state index contributed by atoms with van der Waals surface area (Å²) in [4.78, 5) is 12.3. The number of aryl methyl sites for hydroxylation is 2. The molecule has 0 saturated heterocycles. The molecule has 6 nitrogen and oxygen atoms in total. The van der Waals surface area contributed by atoms with Gasteiger partial charge in [0, 0.05) is 12.6 Å². The number of hydrogen-bond donors (Lipinski definition) is 1. The summed E-state index contributed by atoms with van der Waals surface area (Å²) in [6, 6.07) is 1.84. The molecule has 0 aliphatic heterocycles. The third-order valence-corrected chi connectivity index (χ3v) is 4.06. The number of nitrogens with one attached hydrogen (secondary N) is 1. The molecule has 0 bridgehead atoms. The fraction of sp³-hybridized carbons (Fsp3) is 0.500. The summed E-state index contributed by atoms with van der Waals surface area (Å²) in [7, 11) is 0. The second-order valence-electron chi connectivity index (χ2n) is 5.80. The van der Waals surface area contributed by atoms with E-state index < -0.39 is 0 Å². The van der Waals surface area contributed by atoms with Gasteiger partial charge in [0.2, 0.25) is 0 Å². The number of nitrogens with zero attached hydrogens (tertiary/aromatic N) is 4. The SMILES string of the molecule is Cc1cc2nnc(C(=O)NCCC3=CCCCC3)c(C)n2n1. The van der Waals surface area contributed by atoms with Gasteiger partial charge in [-0.15, -0.1) is 10.2 Å². The van der Waals surface area contributed by atoms with Crippen molar-refractivity contribution < 1.29 is 4.79 Å². The predicted octanol–water partition coefficient (Wildman–Crippen LogP) is 2.36. The molecular formula is C16H21N5O. The summed E-state index contributed by atoms with van der Waals surface area (Å²) in [5.41, 5.74) is 4.03. The van der Waals surface area contributed by atoms with E-state index in [1.165, 1.54) is 24.8 Å². The topological polar surface area (TPSA) is 72.2 Å². The Morgan fingerprint density at radius 2 is 2.18 bits per heavy atom. The summed E-state index contributed by atoms with van der Waals surface area (Å²) in [5, 5.41) is 15.4. The van der Waals surface area contributed by atoms with Crippen LogP contribution in [0.25, 0.3) is 5.65 Å². The van der Waals surface area contributed by atoms with Crippen molar-refractivity contribution in [2.45, 2.75) is 46.0 Å². The molecule has 0 aromatic carbocycles. The zero-order valence-corrected chi connectivity index (χ0v) is 13.1. The molecule has 1 aliphatic rings. The van der Waals surface area contributed by atoms with E-state index in [-0.39, 0.29) is 5.91 Å². The van der Waals surface area contributed by atoms with Crippen LogP contribution in [-0.4, -0.2) is 32.3 Å². The third kappa shape index (κ3) is 3.00. The Balaban J connectivity index is 1.67. The Morgan fingerprint density at radius 3 is 2.95 bits per heavy atom. The van der Waals surface area contributed by atoms with Gasteiger partial charge in [-0.3, -0.25) is 4.79 Å². The number of rotatable bonds is 4. The standard InChI is InChI=1S/C16H21N5O/c1-11-10-14-18-19-15(12(2)21(14)20-11)16(22)17-9-8-13-6-4-3-5-7-13/h6,10H,3-5,7-9H2,1-2H3,(H,17,22). The summed E-state index contributed by atoms with van der Waals surface area (Å²) in [6.07, 6.45) is 8.10. The highest BCUT2D eigenvalue weighted by Crippen LogP contribution is 2.19. The third-order valence-electron chi connectivity index (χ3n) is 4.06. The van der Waals surface area contributed by atoms with Crippen LogP contribution < -0.4 is 5.32 Å².